The summed E-state index contributed by atoms with van der Waals surface area (Å²) in [5, 5.41) is 20.0. The van der Waals surface area contributed by atoms with Crippen molar-refractivity contribution in [2.75, 3.05) is 0 Å². The number of carboxylic acid groups (broad SMARTS) is 1. The lowest BCUT2D eigenvalue weighted by Gasteiger charge is -1.99. The highest BCUT2D eigenvalue weighted by Crippen LogP contribution is 2.03. The van der Waals surface area contributed by atoms with Gasteiger partial charge in [-0.1, -0.05) is 35.5 Å². The van der Waals surface area contributed by atoms with Crippen LogP contribution in [0.25, 0.3) is 0 Å². The molecule has 0 bridgehead atoms. The van der Waals surface area contributed by atoms with Crippen molar-refractivity contribution in [3.05, 3.63) is 35.9 Å². The van der Waals surface area contributed by atoms with Crippen LogP contribution >= 0.6 is 0 Å². The van der Waals surface area contributed by atoms with Gasteiger partial charge in [-0.05, 0) is 5.56 Å². The molecule has 0 unspecified atom stereocenters. The van der Waals surface area contributed by atoms with E-state index in [-0.39, 0.29) is 12.1 Å². The number of aliphatic carboxylic acids is 1. The first-order valence-corrected chi connectivity index (χ1v) is 3.72. The minimum Gasteiger partial charge on any atom is -0.481 e. The first-order chi connectivity index (χ1) is 6.24. The molecule has 0 aliphatic heterocycles. The first-order valence-electron chi connectivity index (χ1n) is 3.72. The van der Waals surface area contributed by atoms with Crippen LogP contribution in [0.15, 0.2) is 35.5 Å². The van der Waals surface area contributed by atoms with Crippen LogP contribution in [0.3, 0.4) is 0 Å². The zero-order valence-corrected chi connectivity index (χ0v) is 6.84. The van der Waals surface area contributed by atoms with Crippen molar-refractivity contribution in [3.63, 3.8) is 0 Å². The second kappa shape index (κ2) is 4.25. The second-order valence-corrected chi connectivity index (χ2v) is 2.48. The molecule has 1 aromatic carbocycles. The molecule has 0 aliphatic rings. The van der Waals surface area contributed by atoms with E-state index in [1.54, 1.807) is 30.3 Å². The molecule has 2 N–H and O–H groups in total. The highest BCUT2D eigenvalue weighted by molar-refractivity contribution is 6.08. The van der Waals surface area contributed by atoms with Crippen LogP contribution in [0.1, 0.15) is 12.0 Å². The maximum absolute atomic E-state index is 10.3. The Morgan fingerprint density at radius 2 is 1.92 bits per heavy atom. The van der Waals surface area contributed by atoms with Gasteiger partial charge in [0.2, 0.25) is 0 Å². The van der Waals surface area contributed by atoms with E-state index in [9.17, 15) is 4.79 Å². The number of benzene rings is 1. The van der Waals surface area contributed by atoms with Crippen LogP contribution in [0, 0.1) is 0 Å². The summed E-state index contributed by atoms with van der Waals surface area (Å²) in [6.07, 6.45) is -0.277. The highest BCUT2D eigenvalue weighted by atomic mass is 16.4. The van der Waals surface area contributed by atoms with Crippen molar-refractivity contribution >= 4 is 11.7 Å². The summed E-state index contributed by atoms with van der Waals surface area (Å²) in [7, 11) is 0. The van der Waals surface area contributed by atoms with Gasteiger partial charge in [-0.15, -0.1) is 0 Å². The summed E-state index contributed by atoms with van der Waals surface area (Å²) in [6.45, 7) is 0. The van der Waals surface area contributed by atoms with Crippen LogP contribution < -0.4 is 0 Å². The van der Waals surface area contributed by atoms with Crippen molar-refractivity contribution in [1.82, 2.24) is 0 Å². The van der Waals surface area contributed by atoms with Crippen molar-refractivity contribution in [3.8, 4) is 0 Å². The maximum atomic E-state index is 10.3. The molecule has 0 amide bonds. The maximum Gasteiger partial charge on any atom is 0.309 e. The number of hydrogen-bond acceptors (Lipinski definition) is 3. The quantitative estimate of drug-likeness (QED) is 0.418. The van der Waals surface area contributed by atoms with Gasteiger partial charge in [0.1, 0.15) is 0 Å². The van der Waals surface area contributed by atoms with Crippen LogP contribution in [0.5, 0.6) is 0 Å². The van der Waals surface area contributed by atoms with E-state index < -0.39 is 5.97 Å². The Kier molecular flexibility index (Phi) is 3.03. The average molecular weight is 179 g/mol. The molecule has 0 saturated carbocycles. The molecular weight excluding hydrogens is 170 g/mol. The minimum atomic E-state index is -1.02. The van der Waals surface area contributed by atoms with Crippen molar-refractivity contribution in [2.24, 2.45) is 5.16 Å². The highest BCUT2D eigenvalue weighted by Gasteiger charge is 2.07. The molecule has 0 heterocycles. The fourth-order valence-corrected chi connectivity index (χ4v) is 0.969. The predicted octanol–water partition coefficient (Wildman–Crippen LogP) is 1.34. The molecule has 4 nitrogen and oxygen atoms in total. The Hall–Kier alpha value is -1.84. The van der Waals surface area contributed by atoms with Crippen LogP contribution in [-0.2, 0) is 4.79 Å². The zero-order valence-electron chi connectivity index (χ0n) is 6.84. The standard InChI is InChI=1S/C9H9NO3/c11-9(12)6-8(10-13)7-4-2-1-3-5-7/h1-5,13H,6H2,(H,11,12)/b10-8-. The van der Waals surface area contributed by atoms with Gasteiger partial charge >= 0.3 is 5.97 Å². The third-order valence-corrected chi connectivity index (χ3v) is 1.55. The average Bonchev–Trinajstić information content (AvgIpc) is 2.15. The van der Waals surface area contributed by atoms with Crippen molar-refractivity contribution < 1.29 is 15.1 Å². The monoisotopic (exact) mass is 179 g/mol. The minimum absolute atomic E-state index is 0.160. The Morgan fingerprint density at radius 3 is 2.38 bits per heavy atom. The topological polar surface area (TPSA) is 69.9 Å². The third-order valence-electron chi connectivity index (χ3n) is 1.55. The summed E-state index contributed by atoms with van der Waals surface area (Å²) in [5.74, 6) is -1.02. The molecule has 0 atom stereocenters. The molecule has 0 aliphatic carbocycles. The summed E-state index contributed by atoms with van der Waals surface area (Å²) in [4.78, 5) is 10.3. The van der Waals surface area contributed by atoms with E-state index in [0.717, 1.165) is 0 Å². The Morgan fingerprint density at radius 1 is 1.31 bits per heavy atom. The van der Waals surface area contributed by atoms with Gasteiger partial charge in [0, 0.05) is 0 Å². The smallest absolute Gasteiger partial charge is 0.309 e. The van der Waals surface area contributed by atoms with E-state index in [1.807, 2.05) is 0 Å². The van der Waals surface area contributed by atoms with Gasteiger partial charge in [0.15, 0.2) is 0 Å². The summed E-state index contributed by atoms with van der Waals surface area (Å²) in [5.41, 5.74) is 0.778. The Bertz CT molecular complexity index is 319. The molecule has 1 rings (SSSR count). The summed E-state index contributed by atoms with van der Waals surface area (Å²) in [6, 6.07) is 8.69. The lowest BCUT2D eigenvalue weighted by atomic mass is 10.1. The normalized spacial score (nSPS) is 11.2. The molecule has 0 fully saturated rings. The molecule has 0 saturated heterocycles. The molecule has 68 valence electrons. The van der Waals surface area contributed by atoms with Gasteiger partial charge in [0.25, 0.3) is 0 Å². The number of hydrogen-bond donors (Lipinski definition) is 2. The molecule has 1 aromatic rings. The van der Waals surface area contributed by atoms with Crippen LogP contribution in [-0.4, -0.2) is 22.0 Å². The third kappa shape index (κ3) is 2.59. The van der Waals surface area contributed by atoms with E-state index in [1.165, 1.54) is 0 Å². The lowest BCUT2D eigenvalue weighted by Crippen LogP contribution is -2.08. The number of carboxylic acids is 1. The molecule has 4 heteroatoms. The fraction of sp³-hybridized carbons (Fsp3) is 0.111. The largest absolute Gasteiger partial charge is 0.481 e. The summed E-state index contributed by atoms with van der Waals surface area (Å²) < 4.78 is 0. The SMILES string of the molecule is O=C(O)C/C(=N/O)c1ccccc1. The van der Waals surface area contributed by atoms with E-state index in [0.29, 0.717) is 5.56 Å². The first kappa shape index (κ1) is 9.25. The predicted molar refractivity (Wildman–Crippen MR) is 47.0 cm³/mol. The molecule has 0 spiro atoms. The van der Waals surface area contributed by atoms with Gasteiger partial charge in [-0.3, -0.25) is 4.79 Å². The van der Waals surface area contributed by atoms with Crippen LogP contribution in [0.2, 0.25) is 0 Å². The number of rotatable bonds is 3. The van der Waals surface area contributed by atoms with E-state index >= 15 is 0 Å². The molecular formula is C9H9NO3. The second-order valence-electron chi connectivity index (χ2n) is 2.48. The Labute approximate surface area is 75.1 Å². The number of nitrogens with zero attached hydrogens (tertiary/aromatic N) is 1. The van der Waals surface area contributed by atoms with Crippen molar-refractivity contribution in [2.45, 2.75) is 6.42 Å². The van der Waals surface area contributed by atoms with Crippen molar-refractivity contribution in [1.29, 1.82) is 0 Å². The van der Waals surface area contributed by atoms with Gasteiger partial charge in [0.05, 0.1) is 12.1 Å². The molecule has 13 heavy (non-hydrogen) atoms. The number of carbonyl (C=O) groups is 1. The number of oxime groups is 1. The molecule has 0 aromatic heterocycles. The van der Waals surface area contributed by atoms with E-state index in [4.69, 9.17) is 10.3 Å². The summed E-state index contributed by atoms with van der Waals surface area (Å²) >= 11 is 0. The van der Waals surface area contributed by atoms with E-state index in [2.05, 4.69) is 5.16 Å². The Balaban J connectivity index is 2.86. The van der Waals surface area contributed by atoms with Gasteiger partial charge in [-0.2, -0.15) is 0 Å². The van der Waals surface area contributed by atoms with Gasteiger partial charge < -0.3 is 10.3 Å². The van der Waals surface area contributed by atoms with Gasteiger partial charge in [-0.25, -0.2) is 0 Å². The zero-order chi connectivity index (χ0) is 9.68. The fourth-order valence-electron chi connectivity index (χ4n) is 0.969. The lowest BCUT2D eigenvalue weighted by molar-refractivity contribution is -0.135. The molecule has 0 radical (unpaired) electrons. The van der Waals surface area contributed by atoms with Crippen LogP contribution in [0.4, 0.5) is 0 Å².